The van der Waals surface area contributed by atoms with Crippen LogP contribution in [0.4, 0.5) is 0 Å². The van der Waals surface area contributed by atoms with Gasteiger partial charge >= 0.3 is 0 Å². The fourth-order valence-corrected chi connectivity index (χ4v) is 1.68. The highest BCUT2D eigenvalue weighted by Gasteiger charge is 2.03. The lowest BCUT2D eigenvalue weighted by atomic mass is 10.1. The van der Waals surface area contributed by atoms with Crippen LogP contribution in [0.25, 0.3) is 10.9 Å². The topological polar surface area (TPSA) is 36.7 Å². The molecule has 0 N–H and O–H groups in total. The van der Waals surface area contributed by atoms with Crippen LogP contribution >= 0.6 is 15.9 Å². The van der Waals surface area contributed by atoms with Crippen LogP contribution in [0.1, 0.15) is 5.56 Å². The maximum atomic E-state index is 8.82. The lowest BCUT2D eigenvalue weighted by Crippen LogP contribution is -1.83. The molecule has 0 bridgehead atoms. The highest BCUT2D eigenvalue weighted by atomic mass is 79.9. The Balaban J connectivity index is 2.95. The summed E-state index contributed by atoms with van der Waals surface area (Å²) in [6.45, 7) is 0. The van der Waals surface area contributed by atoms with E-state index in [4.69, 9.17) is 5.26 Å². The molecule has 1 aromatic carbocycles. The van der Waals surface area contributed by atoms with Gasteiger partial charge < -0.3 is 0 Å². The number of hydrogen-bond donors (Lipinski definition) is 0. The molecule has 0 radical (unpaired) electrons. The number of halogens is 1. The van der Waals surface area contributed by atoms with E-state index in [2.05, 4.69) is 27.0 Å². The Kier molecular flexibility index (Phi) is 1.99. The van der Waals surface area contributed by atoms with E-state index in [9.17, 15) is 0 Å². The molecule has 0 saturated carbocycles. The van der Waals surface area contributed by atoms with E-state index >= 15 is 0 Å². The standard InChI is InChI=1S/C10H5BrN2/c11-9-4-3-7(6-12)10-8(9)2-1-5-13-10/h1-5H. The Hall–Kier alpha value is -1.40. The zero-order valence-electron chi connectivity index (χ0n) is 6.66. The van der Waals surface area contributed by atoms with Gasteiger partial charge in [0.05, 0.1) is 11.1 Å². The third-order valence-electron chi connectivity index (χ3n) is 1.84. The lowest BCUT2D eigenvalue weighted by Gasteiger charge is -1.99. The van der Waals surface area contributed by atoms with Crippen LogP contribution in [0.3, 0.4) is 0 Å². The SMILES string of the molecule is N#Cc1ccc(Br)c2cccnc12. The molecule has 0 amide bonds. The second-order valence-corrected chi connectivity index (χ2v) is 3.46. The molecule has 62 valence electrons. The van der Waals surface area contributed by atoms with Crippen LogP contribution in [0.5, 0.6) is 0 Å². The summed E-state index contributed by atoms with van der Waals surface area (Å²) in [7, 11) is 0. The van der Waals surface area contributed by atoms with Crippen molar-refractivity contribution in [3.8, 4) is 6.07 Å². The summed E-state index contributed by atoms with van der Waals surface area (Å²) in [6, 6.07) is 9.53. The first-order chi connectivity index (χ1) is 6.33. The molecule has 0 saturated heterocycles. The molecule has 1 aromatic heterocycles. The number of nitrogens with zero attached hydrogens (tertiary/aromatic N) is 2. The molecule has 0 unspecified atom stereocenters. The first-order valence-electron chi connectivity index (χ1n) is 3.76. The highest BCUT2D eigenvalue weighted by molar-refractivity contribution is 9.10. The van der Waals surface area contributed by atoms with Gasteiger partial charge in [0.25, 0.3) is 0 Å². The van der Waals surface area contributed by atoms with Crippen LogP contribution in [0, 0.1) is 11.3 Å². The van der Waals surface area contributed by atoms with Crippen molar-refractivity contribution >= 4 is 26.8 Å². The second kappa shape index (κ2) is 3.15. The van der Waals surface area contributed by atoms with Gasteiger partial charge in [0, 0.05) is 16.1 Å². The van der Waals surface area contributed by atoms with Crippen molar-refractivity contribution in [2.24, 2.45) is 0 Å². The Morgan fingerprint density at radius 3 is 2.92 bits per heavy atom. The number of fused-ring (bicyclic) bond motifs is 1. The van der Waals surface area contributed by atoms with Gasteiger partial charge in [-0.15, -0.1) is 0 Å². The third kappa shape index (κ3) is 1.30. The Labute approximate surface area is 84.0 Å². The number of pyridine rings is 1. The summed E-state index contributed by atoms with van der Waals surface area (Å²) in [5.41, 5.74) is 1.36. The molecule has 3 heteroatoms. The first-order valence-corrected chi connectivity index (χ1v) is 4.55. The monoisotopic (exact) mass is 232 g/mol. The molecular weight excluding hydrogens is 228 g/mol. The van der Waals surface area contributed by atoms with Crippen molar-refractivity contribution in [1.82, 2.24) is 4.98 Å². The predicted octanol–water partition coefficient (Wildman–Crippen LogP) is 2.87. The Morgan fingerprint density at radius 2 is 2.15 bits per heavy atom. The largest absolute Gasteiger partial charge is 0.255 e. The number of rotatable bonds is 0. The molecule has 0 fully saturated rings. The number of aromatic nitrogens is 1. The third-order valence-corrected chi connectivity index (χ3v) is 2.53. The van der Waals surface area contributed by atoms with E-state index in [1.807, 2.05) is 18.2 Å². The zero-order chi connectivity index (χ0) is 9.26. The van der Waals surface area contributed by atoms with Gasteiger partial charge in [-0.05, 0) is 18.2 Å². The smallest absolute Gasteiger partial charge is 0.101 e. The minimum Gasteiger partial charge on any atom is -0.255 e. The molecule has 0 aliphatic carbocycles. The summed E-state index contributed by atoms with van der Waals surface area (Å²) < 4.78 is 0.967. The fourth-order valence-electron chi connectivity index (χ4n) is 1.23. The molecule has 0 atom stereocenters. The molecule has 0 spiro atoms. The average Bonchev–Trinajstić information content (AvgIpc) is 2.19. The van der Waals surface area contributed by atoms with Gasteiger partial charge in [0.1, 0.15) is 6.07 Å². The van der Waals surface area contributed by atoms with E-state index in [1.54, 1.807) is 12.3 Å². The number of benzene rings is 1. The molecule has 0 aliphatic rings. The Morgan fingerprint density at radius 1 is 1.31 bits per heavy atom. The van der Waals surface area contributed by atoms with Crippen LogP contribution < -0.4 is 0 Å². The van der Waals surface area contributed by atoms with E-state index in [1.165, 1.54) is 0 Å². The van der Waals surface area contributed by atoms with E-state index in [0.29, 0.717) is 5.56 Å². The normalized spacial score (nSPS) is 9.85. The van der Waals surface area contributed by atoms with Crippen LogP contribution in [-0.2, 0) is 0 Å². The minimum atomic E-state index is 0.610. The summed E-state index contributed by atoms with van der Waals surface area (Å²) in [5, 5.41) is 9.79. The van der Waals surface area contributed by atoms with Crippen LogP contribution in [0.2, 0.25) is 0 Å². The van der Waals surface area contributed by atoms with Crippen molar-refractivity contribution in [3.05, 3.63) is 40.5 Å². The van der Waals surface area contributed by atoms with Gasteiger partial charge in [-0.25, -0.2) is 0 Å². The summed E-state index contributed by atoms with van der Waals surface area (Å²) in [5.74, 6) is 0. The van der Waals surface area contributed by atoms with Gasteiger partial charge in [-0.2, -0.15) is 5.26 Å². The van der Waals surface area contributed by atoms with Crippen LogP contribution in [0.15, 0.2) is 34.9 Å². The van der Waals surface area contributed by atoms with Crippen molar-refractivity contribution in [2.45, 2.75) is 0 Å². The summed E-state index contributed by atoms with van der Waals surface area (Å²) in [4.78, 5) is 4.16. The molecule has 0 aliphatic heterocycles. The fraction of sp³-hybridized carbons (Fsp3) is 0. The lowest BCUT2D eigenvalue weighted by molar-refractivity contribution is 1.39. The number of hydrogen-bond acceptors (Lipinski definition) is 2. The maximum absolute atomic E-state index is 8.82. The van der Waals surface area contributed by atoms with Gasteiger partial charge in [-0.1, -0.05) is 22.0 Å². The van der Waals surface area contributed by atoms with E-state index in [0.717, 1.165) is 15.4 Å². The second-order valence-electron chi connectivity index (χ2n) is 2.61. The predicted molar refractivity (Wildman–Crippen MR) is 54.2 cm³/mol. The quantitative estimate of drug-likeness (QED) is 0.701. The first kappa shape index (κ1) is 8.21. The molecule has 13 heavy (non-hydrogen) atoms. The van der Waals surface area contributed by atoms with Gasteiger partial charge in [-0.3, -0.25) is 4.98 Å². The zero-order valence-corrected chi connectivity index (χ0v) is 8.25. The molecule has 2 aromatic rings. The number of nitriles is 1. The molecule has 2 rings (SSSR count). The van der Waals surface area contributed by atoms with Crippen LogP contribution in [-0.4, -0.2) is 4.98 Å². The molecular formula is C10H5BrN2. The van der Waals surface area contributed by atoms with E-state index in [-0.39, 0.29) is 0 Å². The summed E-state index contributed by atoms with van der Waals surface area (Å²) in [6.07, 6.45) is 1.69. The van der Waals surface area contributed by atoms with E-state index < -0.39 is 0 Å². The summed E-state index contributed by atoms with van der Waals surface area (Å²) >= 11 is 3.41. The van der Waals surface area contributed by atoms with Crippen molar-refractivity contribution in [3.63, 3.8) is 0 Å². The van der Waals surface area contributed by atoms with Crippen molar-refractivity contribution < 1.29 is 0 Å². The Bertz CT molecular complexity index is 500. The average molecular weight is 233 g/mol. The van der Waals surface area contributed by atoms with Crippen molar-refractivity contribution in [2.75, 3.05) is 0 Å². The maximum Gasteiger partial charge on any atom is 0.101 e. The highest BCUT2D eigenvalue weighted by Crippen LogP contribution is 2.24. The van der Waals surface area contributed by atoms with Crippen molar-refractivity contribution in [1.29, 1.82) is 5.26 Å². The molecule has 2 nitrogen and oxygen atoms in total. The van der Waals surface area contributed by atoms with Gasteiger partial charge in [0.2, 0.25) is 0 Å². The minimum absolute atomic E-state index is 0.610. The molecule has 1 heterocycles. The van der Waals surface area contributed by atoms with Gasteiger partial charge in [0.15, 0.2) is 0 Å².